The topological polar surface area (TPSA) is 110 Å². The molecule has 7 nitrogen and oxygen atoms in total. The lowest BCUT2D eigenvalue weighted by atomic mass is 10.3. The van der Waals surface area contributed by atoms with E-state index in [1.54, 1.807) is 0 Å². The zero-order valence-electron chi connectivity index (χ0n) is 8.80. The van der Waals surface area contributed by atoms with Crippen molar-refractivity contribution in [1.82, 2.24) is 10.2 Å². The highest BCUT2D eigenvalue weighted by molar-refractivity contribution is 5.76. The molecular weight excluding hydrogens is 216 g/mol. The Bertz CT molecular complexity index is 256. The second-order valence-electron chi connectivity index (χ2n) is 3.00. The van der Waals surface area contributed by atoms with Crippen molar-refractivity contribution in [3.63, 3.8) is 0 Å². The molecule has 0 radical (unpaired) electrons. The van der Waals surface area contributed by atoms with E-state index in [0.29, 0.717) is 0 Å². The van der Waals surface area contributed by atoms with Crippen molar-refractivity contribution in [2.75, 3.05) is 26.2 Å². The highest BCUT2D eigenvalue weighted by Crippen LogP contribution is 1.90. The van der Waals surface area contributed by atoms with Crippen LogP contribution in [0.1, 0.15) is 0 Å². The van der Waals surface area contributed by atoms with Crippen LogP contribution in [0.2, 0.25) is 0 Å². The molecule has 92 valence electrons. The maximum absolute atomic E-state index is 11.4. The van der Waals surface area contributed by atoms with Crippen molar-refractivity contribution in [2.45, 2.75) is 6.10 Å². The molecule has 7 heteroatoms. The van der Waals surface area contributed by atoms with E-state index in [-0.39, 0.29) is 26.2 Å². The number of carboxylic acid groups (broad SMARTS) is 1. The van der Waals surface area contributed by atoms with Gasteiger partial charge in [-0.2, -0.15) is 0 Å². The molecule has 0 saturated heterocycles. The highest BCUT2D eigenvalue weighted by Gasteiger charge is 2.16. The van der Waals surface area contributed by atoms with E-state index in [1.165, 1.54) is 11.0 Å². The number of aliphatic hydroxyl groups excluding tert-OH is 2. The molecule has 0 aliphatic carbocycles. The number of carboxylic acids is 1. The van der Waals surface area contributed by atoms with Gasteiger partial charge in [0.25, 0.3) is 0 Å². The lowest BCUT2D eigenvalue weighted by Crippen LogP contribution is -2.45. The Morgan fingerprint density at radius 3 is 2.56 bits per heavy atom. The molecule has 0 heterocycles. The molecule has 0 aromatic rings. The summed E-state index contributed by atoms with van der Waals surface area (Å²) < 4.78 is 0. The Morgan fingerprint density at radius 2 is 2.12 bits per heavy atom. The average molecular weight is 232 g/mol. The van der Waals surface area contributed by atoms with Crippen molar-refractivity contribution in [1.29, 1.82) is 0 Å². The monoisotopic (exact) mass is 232 g/mol. The maximum atomic E-state index is 11.4. The molecule has 0 aromatic heterocycles. The van der Waals surface area contributed by atoms with Crippen LogP contribution < -0.4 is 5.32 Å². The first-order valence-corrected chi connectivity index (χ1v) is 4.68. The number of hydrogen-bond acceptors (Lipinski definition) is 4. The van der Waals surface area contributed by atoms with E-state index in [2.05, 4.69) is 11.9 Å². The van der Waals surface area contributed by atoms with Gasteiger partial charge in [0.2, 0.25) is 0 Å². The number of carbonyl (C=O) groups excluding carboxylic acids is 1. The quantitative estimate of drug-likeness (QED) is 0.404. The standard InChI is InChI=1S/C9H16N2O5/c1-2-3-11(4-5-12)9(16)10-6-7(13)8(14)15/h2,7,12-13H,1,3-6H2,(H,10,16)(H,14,15). The van der Waals surface area contributed by atoms with Gasteiger partial charge in [-0.15, -0.1) is 6.58 Å². The number of carbonyl (C=O) groups is 2. The first kappa shape index (κ1) is 14.4. The van der Waals surface area contributed by atoms with Crippen molar-refractivity contribution in [3.8, 4) is 0 Å². The number of nitrogens with zero attached hydrogens (tertiary/aromatic N) is 1. The summed E-state index contributed by atoms with van der Waals surface area (Å²) in [6.45, 7) is 3.20. The smallest absolute Gasteiger partial charge is 0.334 e. The second-order valence-corrected chi connectivity index (χ2v) is 3.00. The van der Waals surface area contributed by atoms with Crippen molar-refractivity contribution in [2.24, 2.45) is 0 Å². The molecule has 0 bridgehead atoms. The minimum atomic E-state index is -1.64. The number of urea groups is 1. The van der Waals surface area contributed by atoms with Crippen LogP contribution in [0.3, 0.4) is 0 Å². The van der Waals surface area contributed by atoms with Gasteiger partial charge in [0.05, 0.1) is 13.2 Å². The van der Waals surface area contributed by atoms with Crippen molar-refractivity contribution >= 4 is 12.0 Å². The summed E-state index contributed by atoms with van der Waals surface area (Å²) in [4.78, 5) is 22.9. The molecular formula is C9H16N2O5. The lowest BCUT2D eigenvalue weighted by molar-refractivity contribution is -0.146. The van der Waals surface area contributed by atoms with Crippen LogP contribution in [-0.2, 0) is 4.79 Å². The van der Waals surface area contributed by atoms with Crippen LogP contribution in [-0.4, -0.2) is 64.6 Å². The summed E-state index contributed by atoms with van der Waals surface area (Å²) in [5.74, 6) is -1.40. The summed E-state index contributed by atoms with van der Waals surface area (Å²) >= 11 is 0. The number of hydrogen-bond donors (Lipinski definition) is 4. The van der Waals surface area contributed by atoms with Crippen LogP contribution in [0.15, 0.2) is 12.7 Å². The van der Waals surface area contributed by atoms with Gasteiger partial charge in [-0.25, -0.2) is 9.59 Å². The minimum absolute atomic E-state index is 0.112. The first-order valence-electron chi connectivity index (χ1n) is 4.68. The molecule has 0 aliphatic heterocycles. The number of aliphatic hydroxyl groups is 2. The molecule has 0 saturated carbocycles. The Hall–Kier alpha value is -1.60. The largest absolute Gasteiger partial charge is 0.479 e. The third-order valence-corrected chi connectivity index (χ3v) is 1.74. The van der Waals surface area contributed by atoms with Gasteiger partial charge in [-0.05, 0) is 0 Å². The van der Waals surface area contributed by atoms with Crippen molar-refractivity contribution < 1.29 is 24.9 Å². The number of aliphatic carboxylic acids is 1. The van der Waals surface area contributed by atoms with Gasteiger partial charge in [-0.1, -0.05) is 6.08 Å². The zero-order valence-corrected chi connectivity index (χ0v) is 8.80. The van der Waals surface area contributed by atoms with E-state index < -0.39 is 18.1 Å². The average Bonchev–Trinajstić information content (AvgIpc) is 2.24. The third-order valence-electron chi connectivity index (χ3n) is 1.74. The van der Waals surface area contributed by atoms with Crippen LogP contribution >= 0.6 is 0 Å². The predicted molar refractivity (Wildman–Crippen MR) is 55.9 cm³/mol. The number of amides is 2. The summed E-state index contributed by atoms with van der Waals surface area (Å²) in [6, 6.07) is -0.561. The van der Waals surface area contributed by atoms with Gasteiger partial charge in [0, 0.05) is 13.1 Å². The maximum Gasteiger partial charge on any atom is 0.334 e. The Kier molecular flexibility index (Phi) is 6.89. The van der Waals surface area contributed by atoms with Crippen LogP contribution in [0.5, 0.6) is 0 Å². The number of rotatable bonds is 7. The van der Waals surface area contributed by atoms with Crippen molar-refractivity contribution in [3.05, 3.63) is 12.7 Å². The lowest BCUT2D eigenvalue weighted by Gasteiger charge is -2.20. The SMILES string of the molecule is C=CCN(CCO)C(=O)NCC(O)C(=O)O. The summed E-state index contributed by atoms with van der Waals surface area (Å²) in [5, 5.41) is 28.2. The van der Waals surface area contributed by atoms with E-state index >= 15 is 0 Å². The molecule has 0 spiro atoms. The summed E-state index contributed by atoms with van der Waals surface area (Å²) in [7, 11) is 0. The fraction of sp³-hybridized carbons (Fsp3) is 0.556. The fourth-order valence-corrected chi connectivity index (χ4v) is 0.935. The molecule has 0 fully saturated rings. The molecule has 2 amide bonds. The van der Waals surface area contributed by atoms with Gasteiger partial charge < -0.3 is 25.5 Å². The normalized spacial score (nSPS) is 11.6. The molecule has 1 unspecified atom stereocenters. The Morgan fingerprint density at radius 1 is 1.50 bits per heavy atom. The molecule has 0 aliphatic rings. The second kappa shape index (κ2) is 7.66. The summed E-state index contributed by atoms with van der Waals surface area (Å²) in [5.41, 5.74) is 0. The van der Waals surface area contributed by atoms with Crippen LogP contribution in [0.4, 0.5) is 4.79 Å². The molecule has 1 atom stereocenters. The van der Waals surface area contributed by atoms with Gasteiger partial charge in [-0.3, -0.25) is 0 Å². The first-order chi connectivity index (χ1) is 7.52. The molecule has 16 heavy (non-hydrogen) atoms. The fourth-order valence-electron chi connectivity index (χ4n) is 0.935. The number of nitrogens with one attached hydrogen (secondary N) is 1. The molecule has 4 N–H and O–H groups in total. The Labute approximate surface area is 93.0 Å². The van der Waals surface area contributed by atoms with Crippen LogP contribution in [0, 0.1) is 0 Å². The van der Waals surface area contributed by atoms with Gasteiger partial charge in [0.1, 0.15) is 0 Å². The minimum Gasteiger partial charge on any atom is -0.479 e. The van der Waals surface area contributed by atoms with E-state index in [0.717, 1.165) is 0 Å². The molecule has 0 rings (SSSR count). The van der Waals surface area contributed by atoms with E-state index in [9.17, 15) is 9.59 Å². The van der Waals surface area contributed by atoms with Gasteiger partial charge >= 0.3 is 12.0 Å². The Balaban J connectivity index is 4.09. The molecule has 0 aromatic carbocycles. The predicted octanol–water partition coefficient (Wildman–Crippen LogP) is -1.38. The van der Waals surface area contributed by atoms with E-state index in [1.807, 2.05) is 0 Å². The third kappa shape index (κ3) is 5.32. The van der Waals surface area contributed by atoms with Crippen LogP contribution in [0.25, 0.3) is 0 Å². The summed E-state index contributed by atoms with van der Waals surface area (Å²) in [6.07, 6.45) is -0.160. The zero-order chi connectivity index (χ0) is 12.6. The van der Waals surface area contributed by atoms with Gasteiger partial charge in [0.15, 0.2) is 6.10 Å². The van der Waals surface area contributed by atoms with E-state index in [4.69, 9.17) is 15.3 Å². The highest BCUT2D eigenvalue weighted by atomic mass is 16.4.